The maximum absolute atomic E-state index is 12.2. The first-order valence-electron chi connectivity index (χ1n) is 7.21. The molecule has 0 unspecified atom stereocenters. The minimum absolute atomic E-state index is 0.102. The lowest BCUT2D eigenvalue weighted by Gasteiger charge is -2.35. The van der Waals surface area contributed by atoms with E-state index in [0.717, 1.165) is 19.5 Å². The second-order valence-electron chi connectivity index (χ2n) is 5.42. The highest BCUT2D eigenvalue weighted by Gasteiger charge is 2.31. The highest BCUT2D eigenvalue weighted by atomic mass is 16.5. The van der Waals surface area contributed by atoms with E-state index < -0.39 is 0 Å². The number of nitrogens with zero attached hydrogens (tertiary/aromatic N) is 1. The third kappa shape index (κ3) is 3.48. The van der Waals surface area contributed by atoms with Gasteiger partial charge in [-0.3, -0.25) is 9.69 Å². The molecular formula is C17H23NO2. The summed E-state index contributed by atoms with van der Waals surface area (Å²) >= 11 is 0. The lowest BCUT2D eigenvalue weighted by Crippen LogP contribution is -2.45. The molecule has 1 heterocycles. The molecule has 20 heavy (non-hydrogen) atoms. The summed E-state index contributed by atoms with van der Waals surface area (Å²) in [5.41, 5.74) is 3.91. The van der Waals surface area contributed by atoms with Gasteiger partial charge in [-0.05, 0) is 32.8 Å². The minimum Gasteiger partial charge on any atom is -0.465 e. The summed E-state index contributed by atoms with van der Waals surface area (Å²) in [7, 11) is 0. The fourth-order valence-corrected chi connectivity index (χ4v) is 2.60. The van der Waals surface area contributed by atoms with Crippen molar-refractivity contribution in [3.63, 3.8) is 0 Å². The van der Waals surface area contributed by atoms with Gasteiger partial charge in [-0.1, -0.05) is 41.5 Å². The van der Waals surface area contributed by atoms with Crippen LogP contribution in [0.15, 0.2) is 41.5 Å². The third-order valence-electron chi connectivity index (χ3n) is 3.90. The molecule has 3 heteroatoms. The maximum atomic E-state index is 12.2. The highest BCUT2D eigenvalue weighted by Crippen LogP contribution is 2.25. The van der Waals surface area contributed by atoms with E-state index >= 15 is 0 Å². The predicted octanol–water partition coefficient (Wildman–Crippen LogP) is 3.16. The Morgan fingerprint density at radius 1 is 1.25 bits per heavy atom. The molecule has 3 nitrogen and oxygen atoms in total. The molecule has 0 amide bonds. The van der Waals surface area contributed by atoms with Gasteiger partial charge in [0.1, 0.15) is 6.04 Å². The molecule has 0 bridgehead atoms. The fourth-order valence-electron chi connectivity index (χ4n) is 2.60. The standard InChI is InChI=1S/C17H23NO2/c1-4-20-17(19)16-10-13(2)14(3)11-18(16)12-15-8-6-5-7-9-15/h5-9,16H,4,10-12H2,1-3H3/t16-/m1/s1. The average Bonchev–Trinajstić information content (AvgIpc) is 2.44. The second kappa shape index (κ2) is 6.71. The first kappa shape index (κ1) is 14.8. The van der Waals surface area contributed by atoms with E-state index in [9.17, 15) is 4.79 Å². The first-order valence-corrected chi connectivity index (χ1v) is 7.21. The number of carbonyl (C=O) groups excluding carboxylic acids is 1. The maximum Gasteiger partial charge on any atom is 0.323 e. The molecule has 1 aromatic rings. The van der Waals surface area contributed by atoms with Crippen LogP contribution in [0.25, 0.3) is 0 Å². The Kier molecular flexibility index (Phi) is 4.96. The van der Waals surface area contributed by atoms with Gasteiger partial charge < -0.3 is 4.74 Å². The number of hydrogen-bond acceptors (Lipinski definition) is 3. The van der Waals surface area contributed by atoms with Gasteiger partial charge in [0.15, 0.2) is 0 Å². The number of esters is 1. The number of rotatable bonds is 4. The average molecular weight is 273 g/mol. The Bertz CT molecular complexity index is 493. The van der Waals surface area contributed by atoms with Crippen LogP contribution in [0.1, 0.15) is 32.8 Å². The summed E-state index contributed by atoms with van der Waals surface area (Å²) in [6.07, 6.45) is 0.775. The van der Waals surface area contributed by atoms with Gasteiger partial charge in [0.2, 0.25) is 0 Å². The molecule has 0 N–H and O–H groups in total. The number of carbonyl (C=O) groups is 1. The zero-order valence-electron chi connectivity index (χ0n) is 12.6. The van der Waals surface area contributed by atoms with Gasteiger partial charge in [-0.2, -0.15) is 0 Å². The second-order valence-corrected chi connectivity index (χ2v) is 5.42. The van der Waals surface area contributed by atoms with Gasteiger partial charge >= 0.3 is 5.97 Å². The normalized spacial score (nSPS) is 20.1. The minimum atomic E-state index is -0.154. The molecule has 0 aromatic heterocycles. The molecule has 0 saturated heterocycles. The molecule has 0 spiro atoms. The summed E-state index contributed by atoms with van der Waals surface area (Å²) in [6, 6.07) is 10.1. The van der Waals surface area contributed by atoms with E-state index in [4.69, 9.17) is 4.74 Å². The van der Waals surface area contributed by atoms with Gasteiger partial charge in [-0.15, -0.1) is 0 Å². The summed E-state index contributed by atoms with van der Waals surface area (Å²) in [6.45, 7) is 8.18. The van der Waals surface area contributed by atoms with E-state index in [2.05, 4.69) is 30.9 Å². The SMILES string of the molecule is CCOC(=O)[C@H]1CC(C)=C(C)CN1Cc1ccccc1. The van der Waals surface area contributed by atoms with Gasteiger partial charge in [0.25, 0.3) is 0 Å². The summed E-state index contributed by atoms with van der Waals surface area (Å²) in [4.78, 5) is 14.4. The molecule has 1 atom stereocenters. The lowest BCUT2D eigenvalue weighted by molar-refractivity contribution is -0.150. The quantitative estimate of drug-likeness (QED) is 0.623. The van der Waals surface area contributed by atoms with Crippen molar-refractivity contribution in [2.24, 2.45) is 0 Å². The van der Waals surface area contributed by atoms with Crippen LogP contribution in [0.4, 0.5) is 0 Å². The van der Waals surface area contributed by atoms with Gasteiger partial charge in [0.05, 0.1) is 6.61 Å². The van der Waals surface area contributed by atoms with E-state index in [1.165, 1.54) is 16.7 Å². The summed E-state index contributed by atoms with van der Waals surface area (Å²) in [5, 5.41) is 0. The molecular weight excluding hydrogens is 250 g/mol. The molecule has 0 saturated carbocycles. The van der Waals surface area contributed by atoms with Gasteiger partial charge in [0, 0.05) is 13.1 Å². The molecule has 1 aromatic carbocycles. The molecule has 0 fully saturated rings. The summed E-state index contributed by atoms with van der Waals surface area (Å²) < 4.78 is 5.23. The first-order chi connectivity index (χ1) is 9.61. The van der Waals surface area contributed by atoms with Crippen LogP contribution in [0, 0.1) is 0 Å². The van der Waals surface area contributed by atoms with Crippen LogP contribution in [0.3, 0.4) is 0 Å². The largest absolute Gasteiger partial charge is 0.465 e. The molecule has 2 rings (SSSR count). The van der Waals surface area contributed by atoms with Crippen molar-refractivity contribution in [3.8, 4) is 0 Å². The summed E-state index contributed by atoms with van der Waals surface area (Å²) in [5.74, 6) is -0.102. The molecule has 0 radical (unpaired) electrons. The van der Waals surface area contributed by atoms with E-state index in [1.807, 2.05) is 25.1 Å². The zero-order chi connectivity index (χ0) is 14.5. The van der Waals surface area contributed by atoms with Crippen molar-refractivity contribution in [3.05, 3.63) is 47.0 Å². The molecule has 1 aliphatic rings. The van der Waals surface area contributed by atoms with Crippen molar-refractivity contribution in [2.75, 3.05) is 13.2 Å². The van der Waals surface area contributed by atoms with Crippen LogP contribution in [0.2, 0.25) is 0 Å². The van der Waals surface area contributed by atoms with Crippen LogP contribution in [0.5, 0.6) is 0 Å². The topological polar surface area (TPSA) is 29.5 Å². The lowest BCUT2D eigenvalue weighted by atomic mass is 9.95. The van der Waals surface area contributed by atoms with Crippen LogP contribution in [-0.2, 0) is 16.1 Å². The number of hydrogen-bond donors (Lipinski definition) is 0. The van der Waals surface area contributed by atoms with Crippen molar-refractivity contribution in [1.29, 1.82) is 0 Å². The molecule has 1 aliphatic heterocycles. The van der Waals surface area contributed by atoms with Crippen molar-refractivity contribution < 1.29 is 9.53 Å². The Morgan fingerprint density at radius 3 is 2.60 bits per heavy atom. The Morgan fingerprint density at radius 2 is 1.95 bits per heavy atom. The number of benzene rings is 1. The predicted molar refractivity (Wildman–Crippen MR) is 80.3 cm³/mol. The van der Waals surface area contributed by atoms with E-state index in [0.29, 0.717) is 6.61 Å². The van der Waals surface area contributed by atoms with E-state index in [-0.39, 0.29) is 12.0 Å². The molecule has 0 aliphatic carbocycles. The smallest absolute Gasteiger partial charge is 0.323 e. The van der Waals surface area contributed by atoms with Gasteiger partial charge in [-0.25, -0.2) is 0 Å². The monoisotopic (exact) mass is 273 g/mol. The number of ether oxygens (including phenoxy) is 1. The Balaban J connectivity index is 2.16. The fraction of sp³-hybridized carbons (Fsp3) is 0.471. The highest BCUT2D eigenvalue weighted by molar-refractivity contribution is 5.76. The van der Waals surface area contributed by atoms with E-state index in [1.54, 1.807) is 0 Å². The van der Waals surface area contributed by atoms with Crippen molar-refractivity contribution >= 4 is 5.97 Å². The van der Waals surface area contributed by atoms with Crippen LogP contribution in [-0.4, -0.2) is 30.1 Å². The van der Waals surface area contributed by atoms with Crippen LogP contribution < -0.4 is 0 Å². The Hall–Kier alpha value is -1.61. The third-order valence-corrected chi connectivity index (χ3v) is 3.90. The Labute approximate surface area is 121 Å². The molecule has 108 valence electrons. The van der Waals surface area contributed by atoms with Crippen LogP contribution >= 0.6 is 0 Å². The van der Waals surface area contributed by atoms with Crippen molar-refractivity contribution in [2.45, 2.75) is 39.8 Å². The van der Waals surface area contributed by atoms with Crippen molar-refractivity contribution in [1.82, 2.24) is 4.90 Å². The zero-order valence-corrected chi connectivity index (χ0v) is 12.6.